The molecule has 1 fully saturated rings. The summed E-state index contributed by atoms with van der Waals surface area (Å²) < 4.78 is -0.543. The first-order valence-corrected chi connectivity index (χ1v) is 8.32. The van der Waals surface area contributed by atoms with Gasteiger partial charge in [0.1, 0.15) is 4.20 Å². The molecule has 2 atom stereocenters. The third kappa shape index (κ3) is 3.15. The van der Waals surface area contributed by atoms with Crippen LogP contribution >= 0.6 is 25.3 Å². The Morgan fingerprint density at radius 3 is 2.76 bits per heavy atom. The average molecular weight is 316 g/mol. The van der Waals surface area contributed by atoms with Crippen LogP contribution in [0.15, 0.2) is 24.4 Å². The second-order valence-electron chi connectivity index (χ2n) is 6.44. The Labute approximate surface area is 138 Å². The molecule has 1 aromatic carbocycles. The molecule has 2 radical (unpaired) electrons. The highest BCUT2D eigenvalue weighted by molar-refractivity contribution is 8.00. The number of fused-ring (bicyclic) bond motifs is 1. The van der Waals surface area contributed by atoms with E-state index in [1.165, 1.54) is 22.0 Å². The maximum atomic E-state index is 6.33. The second kappa shape index (κ2) is 5.29. The number of thiol groups is 2. The molecule has 1 aromatic heterocycles. The average Bonchev–Trinajstić information content (AvgIpc) is 2.77. The van der Waals surface area contributed by atoms with Crippen molar-refractivity contribution in [2.24, 2.45) is 0 Å². The summed E-state index contributed by atoms with van der Waals surface area (Å²) >= 11 is 9.24. The minimum absolute atomic E-state index is 0.345. The fourth-order valence-electron chi connectivity index (χ4n) is 3.45. The minimum atomic E-state index is -0.543. The highest BCUT2D eigenvalue weighted by atomic mass is 32.2. The van der Waals surface area contributed by atoms with Gasteiger partial charge >= 0.3 is 0 Å². The summed E-state index contributed by atoms with van der Waals surface area (Å²) in [5, 5.41) is 4.59. The summed E-state index contributed by atoms with van der Waals surface area (Å²) in [7, 11) is 6.33. The van der Waals surface area contributed by atoms with E-state index in [4.69, 9.17) is 7.85 Å². The molecule has 1 aliphatic rings. The van der Waals surface area contributed by atoms with Crippen molar-refractivity contribution in [2.45, 2.75) is 48.7 Å². The molecule has 2 nitrogen and oxygen atoms in total. The fourth-order valence-corrected chi connectivity index (χ4v) is 4.41. The largest absolute Gasteiger partial charge is 0.361 e. The lowest BCUT2D eigenvalue weighted by Crippen LogP contribution is -2.57. The molecule has 2 heterocycles. The van der Waals surface area contributed by atoms with Crippen molar-refractivity contribution >= 4 is 44.0 Å². The van der Waals surface area contributed by atoms with E-state index in [1.807, 2.05) is 6.92 Å². The first-order chi connectivity index (χ1) is 9.80. The molecule has 0 aliphatic carbocycles. The van der Waals surface area contributed by atoms with Gasteiger partial charge in [-0.25, -0.2) is 0 Å². The van der Waals surface area contributed by atoms with Crippen LogP contribution in [-0.2, 0) is 6.42 Å². The van der Waals surface area contributed by atoms with E-state index >= 15 is 0 Å². The molecule has 0 bridgehead atoms. The van der Waals surface area contributed by atoms with Gasteiger partial charge in [-0.05, 0) is 53.9 Å². The molecule has 0 saturated carbocycles. The summed E-state index contributed by atoms with van der Waals surface area (Å²) in [6.45, 7) is 4.19. The van der Waals surface area contributed by atoms with Crippen molar-refractivity contribution in [1.29, 1.82) is 0 Å². The number of H-pyrrole nitrogens is 1. The lowest BCUT2D eigenvalue weighted by Gasteiger charge is -2.45. The van der Waals surface area contributed by atoms with Crippen molar-refractivity contribution < 1.29 is 0 Å². The molecule has 1 saturated heterocycles. The lowest BCUT2D eigenvalue weighted by atomic mass is 9.68. The van der Waals surface area contributed by atoms with Crippen molar-refractivity contribution in [3.63, 3.8) is 0 Å². The van der Waals surface area contributed by atoms with Crippen molar-refractivity contribution in [1.82, 2.24) is 10.3 Å². The molecular weight excluding hydrogens is 295 g/mol. The van der Waals surface area contributed by atoms with Crippen molar-refractivity contribution in [3.8, 4) is 0 Å². The van der Waals surface area contributed by atoms with Gasteiger partial charge in [0.05, 0.1) is 7.85 Å². The van der Waals surface area contributed by atoms with Crippen LogP contribution in [0.1, 0.15) is 43.7 Å². The van der Waals surface area contributed by atoms with Gasteiger partial charge in [-0.2, -0.15) is 0 Å². The molecule has 0 spiro atoms. The van der Waals surface area contributed by atoms with Crippen molar-refractivity contribution in [2.75, 3.05) is 0 Å². The second-order valence-corrected chi connectivity index (χ2v) is 8.32. The van der Waals surface area contributed by atoms with Gasteiger partial charge in [0.25, 0.3) is 0 Å². The fraction of sp³-hybridized carbons (Fsp3) is 0.500. The van der Waals surface area contributed by atoms with Crippen LogP contribution < -0.4 is 5.32 Å². The van der Waals surface area contributed by atoms with E-state index < -0.39 is 9.64 Å². The van der Waals surface area contributed by atoms with Crippen molar-refractivity contribution in [3.05, 3.63) is 35.5 Å². The van der Waals surface area contributed by atoms with Gasteiger partial charge in [-0.1, -0.05) is 19.9 Å². The van der Waals surface area contributed by atoms with Crippen LogP contribution in [0.4, 0.5) is 0 Å². The van der Waals surface area contributed by atoms with Gasteiger partial charge < -0.3 is 4.98 Å². The number of aryl methyl sites for hydroxylation is 1. The van der Waals surface area contributed by atoms with Gasteiger partial charge in [0, 0.05) is 17.1 Å². The standard InChI is InChI=1S/C16H21BN2S2/c1-3-10-4-5-14-12(6-10)13(9-18-14)11-7-15(2,17)19-16(20,21)8-11/h4-6,9,11,18-21H,3,7-8H2,1-2H3. The predicted molar refractivity (Wildman–Crippen MR) is 97.6 cm³/mol. The molecule has 2 aromatic rings. The Hall–Kier alpha value is -0.515. The number of benzene rings is 1. The third-order valence-electron chi connectivity index (χ3n) is 4.31. The predicted octanol–water partition coefficient (Wildman–Crippen LogP) is 3.60. The van der Waals surface area contributed by atoms with Crippen LogP contribution in [-0.4, -0.2) is 22.5 Å². The zero-order valence-corrected chi connectivity index (χ0v) is 14.3. The number of piperidine rings is 1. The monoisotopic (exact) mass is 316 g/mol. The molecule has 2 N–H and O–H groups in total. The first kappa shape index (κ1) is 15.4. The summed E-state index contributed by atoms with van der Waals surface area (Å²) in [4.78, 5) is 3.38. The number of aromatic amines is 1. The zero-order valence-electron chi connectivity index (χ0n) is 12.5. The molecule has 0 amide bonds. The molecular formula is C16H21BN2S2. The number of hydrogen-bond acceptors (Lipinski definition) is 3. The van der Waals surface area contributed by atoms with E-state index in [-0.39, 0.29) is 0 Å². The summed E-state index contributed by atoms with van der Waals surface area (Å²) in [5.74, 6) is 0.345. The van der Waals surface area contributed by atoms with E-state index in [9.17, 15) is 0 Å². The number of rotatable bonds is 2. The van der Waals surface area contributed by atoms with Crippen LogP contribution in [0.25, 0.3) is 10.9 Å². The van der Waals surface area contributed by atoms with Crippen LogP contribution in [0.2, 0.25) is 0 Å². The quantitative estimate of drug-likeness (QED) is 0.380. The maximum Gasteiger partial charge on any atom is 0.106 e. The minimum Gasteiger partial charge on any atom is -0.361 e. The van der Waals surface area contributed by atoms with Crippen LogP contribution in [0.5, 0.6) is 0 Å². The topological polar surface area (TPSA) is 27.8 Å². The molecule has 2 unspecified atom stereocenters. The number of hydrogen-bond donors (Lipinski definition) is 4. The summed E-state index contributed by atoms with van der Waals surface area (Å²) in [6.07, 6.45) is 4.88. The Morgan fingerprint density at radius 1 is 1.33 bits per heavy atom. The van der Waals surface area contributed by atoms with Gasteiger partial charge in [0.15, 0.2) is 0 Å². The lowest BCUT2D eigenvalue weighted by molar-refractivity contribution is 0.310. The van der Waals surface area contributed by atoms with E-state index in [2.05, 4.69) is 66.9 Å². The van der Waals surface area contributed by atoms with Gasteiger partial charge in [-0.15, -0.1) is 25.3 Å². The van der Waals surface area contributed by atoms with Crippen LogP contribution in [0, 0.1) is 0 Å². The molecule has 1 aliphatic heterocycles. The molecule has 110 valence electrons. The summed E-state index contributed by atoms with van der Waals surface area (Å²) in [5.41, 5.74) is 3.41. The van der Waals surface area contributed by atoms with Gasteiger partial charge in [-0.3, -0.25) is 5.32 Å². The summed E-state index contributed by atoms with van der Waals surface area (Å²) in [6, 6.07) is 6.63. The Balaban J connectivity index is 2.03. The van der Waals surface area contributed by atoms with E-state index in [0.29, 0.717) is 5.92 Å². The smallest absolute Gasteiger partial charge is 0.106 e. The van der Waals surface area contributed by atoms with E-state index in [1.54, 1.807) is 0 Å². The molecule has 5 heteroatoms. The Morgan fingerprint density at radius 2 is 2.10 bits per heavy atom. The molecule has 21 heavy (non-hydrogen) atoms. The molecule has 3 rings (SSSR count). The zero-order chi connectivity index (χ0) is 15.3. The van der Waals surface area contributed by atoms with Gasteiger partial charge in [0.2, 0.25) is 0 Å². The van der Waals surface area contributed by atoms with E-state index in [0.717, 1.165) is 19.3 Å². The maximum absolute atomic E-state index is 6.33. The SMILES string of the molecule is [B]C1(C)CC(c2c[nH]c3ccc(CC)cc23)CC(S)(S)N1. The normalized spacial score (nSPS) is 28.9. The Kier molecular flexibility index (Phi) is 3.87. The highest BCUT2D eigenvalue weighted by Crippen LogP contribution is 2.43. The third-order valence-corrected chi connectivity index (χ3v) is 4.90. The Bertz CT molecular complexity index is 647. The number of nitrogens with one attached hydrogen (secondary N) is 2. The highest BCUT2D eigenvalue weighted by Gasteiger charge is 2.39. The first-order valence-electron chi connectivity index (χ1n) is 7.42. The number of aromatic nitrogens is 1. The van der Waals surface area contributed by atoms with Crippen LogP contribution in [0.3, 0.4) is 0 Å².